The van der Waals surface area contributed by atoms with E-state index in [9.17, 15) is 9.59 Å². The lowest BCUT2D eigenvalue weighted by Crippen LogP contribution is -2.43. The van der Waals surface area contributed by atoms with E-state index in [1.165, 1.54) is 0 Å². The first-order valence-corrected chi connectivity index (χ1v) is 12.1. The number of hydrogen-bond acceptors (Lipinski definition) is 6. The molecule has 0 saturated carbocycles. The number of imidazole rings is 1. The molecule has 0 radical (unpaired) electrons. The number of benzene rings is 1. The Bertz CT molecular complexity index is 1220. The maximum absolute atomic E-state index is 13.2. The van der Waals surface area contributed by atoms with Crippen LogP contribution in [-0.2, 0) is 9.63 Å². The summed E-state index contributed by atoms with van der Waals surface area (Å²) in [4.78, 5) is 41.9. The van der Waals surface area contributed by atoms with Crippen molar-refractivity contribution < 1.29 is 14.4 Å². The minimum absolute atomic E-state index is 0.0762. The van der Waals surface area contributed by atoms with Crippen molar-refractivity contribution in [2.24, 2.45) is 5.16 Å². The molecule has 1 fully saturated rings. The number of aryl methyl sites for hydroxylation is 1. The molecule has 1 N–H and O–H groups in total. The maximum atomic E-state index is 13.2. The molecule has 9 heteroatoms. The van der Waals surface area contributed by atoms with Gasteiger partial charge in [0.2, 0.25) is 6.10 Å². The molecule has 2 amide bonds. The molecule has 0 spiro atoms. The SMILES string of the molecule is CC(C)=NOC(C)C(=O)N1CCC(c2nc(C)ccc2C(=O)Nc2ccc(-n3ccnc3)cc2)CC1. The molecular formula is C27H32N6O3. The molecular weight excluding hydrogens is 456 g/mol. The smallest absolute Gasteiger partial charge is 0.266 e. The Morgan fingerprint density at radius 3 is 2.47 bits per heavy atom. The first-order valence-electron chi connectivity index (χ1n) is 12.1. The van der Waals surface area contributed by atoms with E-state index in [0.29, 0.717) is 24.3 Å². The molecule has 1 aromatic carbocycles. The number of hydrogen-bond donors (Lipinski definition) is 1. The highest BCUT2D eigenvalue weighted by atomic mass is 16.6. The van der Waals surface area contributed by atoms with Gasteiger partial charge in [-0.2, -0.15) is 0 Å². The first kappa shape index (κ1) is 25.1. The van der Waals surface area contributed by atoms with Crippen molar-refractivity contribution in [3.63, 3.8) is 0 Å². The number of carbonyl (C=O) groups is 2. The highest BCUT2D eigenvalue weighted by molar-refractivity contribution is 6.05. The minimum Gasteiger partial charge on any atom is -0.383 e. The van der Waals surface area contributed by atoms with Gasteiger partial charge in [-0.05, 0) is 76.9 Å². The van der Waals surface area contributed by atoms with Crippen LogP contribution < -0.4 is 5.32 Å². The van der Waals surface area contributed by atoms with Gasteiger partial charge in [0.1, 0.15) is 0 Å². The Morgan fingerprint density at radius 2 is 1.83 bits per heavy atom. The molecule has 1 unspecified atom stereocenters. The van der Waals surface area contributed by atoms with Gasteiger partial charge in [0.15, 0.2) is 0 Å². The zero-order valence-corrected chi connectivity index (χ0v) is 21.1. The first-order chi connectivity index (χ1) is 17.3. The van der Waals surface area contributed by atoms with Crippen LogP contribution in [0.15, 0.2) is 60.3 Å². The minimum atomic E-state index is -0.630. The van der Waals surface area contributed by atoms with Gasteiger partial charge in [0.05, 0.1) is 23.3 Å². The van der Waals surface area contributed by atoms with Crippen LogP contribution >= 0.6 is 0 Å². The van der Waals surface area contributed by atoms with Crippen LogP contribution in [0.4, 0.5) is 5.69 Å². The van der Waals surface area contributed by atoms with Gasteiger partial charge < -0.3 is 19.6 Å². The number of pyridine rings is 1. The van der Waals surface area contributed by atoms with Crippen molar-refractivity contribution in [3.05, 3.63) is 72.1 Å². The summed E-state index contributed by atoms with van der Waals surface area (Å²) in [6.07, 6.45) is 6.14. The quantitative estimate of drug-likeness (QED) is 0.394. The third kappa shape index (κ3) is 5.97. The van der Waals surface area contributed by atoms with Gasteiger partial charge in [-0.25, -0.2) is 4.98 Å². The summed E-state index contributed by atoms with van der Waals surface area (Å²) in [5.74, 6) is -0.181. The van der Waals surface area contributed by atoms with Crippen molar-refractivity contribution in [1.29, 1.82) is 0 Å². The second kappa shape index (κ2) is 11.2. The standard InChI is InChI=1S/C27H32N6O3/c1-18(2)31-36-20(4)27(35)32-14-11-21(12-15-32)25-24(10-5-19(3)29-25)26(34)30-22-6-8-23(9-7-22)33-16-13-28-17-33/h5-10,13,16-17,20-21H,11-12,14-15H2,1-4H3,(H,30,34). The van der Waals surface area contributed by atoms with E-state index in [2.05, 4.69) is 15.5 Å². The molecule has 36 heavy (non-hydrogen) atoms. The van der Waals surface area contributed by atoms with E-state index < -0.39 is 6.10 Å². The number of anilines is 1. The number of rotatable bonds is 7. The highest BCUT2D eigenvalue weighted by Gasteiger charge is 2.30. The Morgan fingerprint density at radius 1 is 1.11 bits per heavy atom. The van der Waals surface area contributed by atoms with Crippen molar-refractivity contribution in [2.75, 3.05) is 18.4 Å². The zero-order valence-electron chi connectivity index (χ0n) is 21.1. The number of likely N-dealkylation sites (tertiary alicyclic amines) is 1. The van der Waals surface area contributed by atoms with Crippen LogP contribution in [-0.4, -0.2) is 56.2 Å². The fourth-order valence-electron chi connectivity index (χ4n) is 4.27. The Balaban J connectivity index is 1.42. The van der Waals surface area contributed by atoms with Crippen LogP contribution in [0.1, 0.15) is 61.3 Å². The zero-order chi connectivity index (χ0) is 25.7. The number of piperidine rings is 1. The number of carbonyl (C=O) groups excluding carboxylic acids is 2. The van der Waals surface area contributed by atoms with E-state index in [1.54, 1.807) is 24.3 Å². The monoisotopic (exact) mass is 488 g/mol. The van der Waals surface area contributed by atoms with Gasteiger partial charge in [-0.15, -0.1) is 0 Å². The lowest BCUT2D eigenvalue weighted by Gasteiger charge is -2.33. The molecule has 1 aliphatic rings. The lowest BCUT2D eigenvalue weighted by atomic mass is 9.89. The summed E-state index contributed by atoms with van der Waals surface area (Å²) in [5, 5.41) is 6.90. The fraction of sp³-hybridized carbons (Fsp3) is 0.370. The van der Waals surface area contributed by atoms with Crippen LogP contribution in [0.25, 0.3) is 5.69 Å². The molecule has 0 aliphatic carbocycles. The summed E-state index contributed by atoms with van der Waals surface area (Å²) >= 11 is 0. The Hall–Kier alpha value is -4.01. The molecule has 9 nitrogen and oxygen atoms in total. The van der Waals surface area contributed by atoms with Crippen LogP contribution in [0.5, 0.6) is 0 Å². The fourth-order valence-corrected chi connectivity index (χ4v) is 4.27. The number of nitrogens with one attached hydrogen (secondary N) is 1. The predicted molar refractivity (Wildman–Crippen MR) is 138 cm³/mol. The molecule has 1 saturated heterocycles. The van der Waals surface area contributed by atoms with Gasteiger partial charge in [0, 0.05) is 48.5 Å². The van der Waals surface area contributed by atoms with Gasteiger partial charge in [-0.3, -0.25) is 14.6 Å². The molecule has 3 aromatic rings. The summed E-state index contributed by atoms with van der Waals surface area (Å²) in [6.45, 7) is 8.45. The average molecular weight is 489 g/mol. The topological polar surface area (TPSA) is 102 Å². The number of nitrogens with zero attached hydrogens (tertiary/aromatic N) is 5. The van der Waals surface area contributed by atoms with Crippen molar-refractivity contribution in [1.82, 2.24) is 19.4 Å². The molecule has 188 valence electrons. The summed E-state index contributed by atoms with van der Waals surface area (Å²) in [6, 6.07) is 11.3. The summed E-state index contributed by atoms with van der Waals surface area (Å²) in [7, 11) is 0. The van der Waals surface area contributed by atoms with Crippen molar-refractivity contribution in [3.8, 4) is 5.69 Å². The Labute approximate surface area is 211 Å². The molecule has 2 aromatic heterocycles. The molecule has 1 atom stereocenters. The van der Waals surface area contributed by atoms with Crippen molar-refractivity contribution in [2.45, 2.75) is 52.6 Å². The number of oxime groups is 1. The summed E-state index contributed by atoms with van der Waals surface area (Å²) < 4.78 is 1.90. The van der Waals surface area contributed by atoms with E-state index in [-0.39, 0.29) is 17.7 Å². The summed E-state index contributed by atoms with van der Waals surface area (Å²) in [5.41, 5.74) is 4.63. The molecule has 4 rings (SSSR count). The lowest BCUT2D eigenvalue weighted by molar-refractivity contribution is -0.143. The van der Waals surface area contributed by atoms with Gasteiger partial charge in [-0.1, -0.05) is 5.16 Å². The third-order valence-electron chi connectivity index (χ3n) is 6.17. The number of aromatic nitrogens is 3. The van der Waals surface area contributed by atoms with Gasteiger partial charge >= 0.3 is 0 Å². The average Bonchev–Trinajstić information content (AvgIpc) is 3.42. The van der Waals surface area contributed by atoms with Crippen LogP contribution in [0.2, 0.25) is 0 Å². The third-order valence-corrected chi connectivity index (χ3v) is 6.17. The number of amides is 2. The van der Waals surface area contributed by atoms with Crippen molar-refractivity contribution >= 4 is 23.2 Å². The van der Waals surface area contributed by atoms with Gasteiger partial charge in [0.25, 0.3) is 11.8 Å². The molecule has 3 heterocycles. The van der Waals surface area contributed by atoms with E-state index in [4.69, 9.17) is 9.82 Å². The second-order valence-corrected chi connectivity index (χ2v) is 9.24. The maximum Gasteiger partial charge on any atom is 0.266 e. The largest absolute Gasteiger partial charge is 0.383 e. The van der Waals surface area contributed by atoms with E-state index in [1.807, 2.05) is 67.9 Å². The van der Waals surface area contributed by atoms with E-state index in [0.717, 1.165) is 35.6 Å². The highest BCUT2D eigenvalue weighted by Crippen LogP contribution is 2.30. The normalized spacial score (nSPS) is 14.7. The molecule has 1 aliphatic heterocycles. The van der Waals surface area contributed by atoms with Crippen LogP contribution in [0, 0.1) is 6.92 Å². The molecule has 0 bridgehead atoms. The Kier molecular flexibility index (Phi) is 7.77. The van der Waals surface area contributed by atoms with Crippen LogP contribution in [0.3, 0.4) is 0 Å². The predicted octanol–water partition coefficient (Wildman–Crippen LogP) is 4.33. The second-order valence-electron chi connectivity index (χ2n) is 9.24. The van der Waals surface area contributed by atoms with E-state index >= 15 is 0 Å².